The number of ether oxygens (including phenoxy) is 3. The molecule has 9 nitrogen and oxygen atoms in total. The molecule has 35 heavy (non-hydrogen) atoms. The average molecular weight is 483 g/mol. The second kappa shape index (κ2) is 11.8. The largest absolute Gasteiger partial charge is 0.481 e. The Balaban J connectivity index is 1.15. The van der Waals surface area contributed by atoms with E-state index in [9.17, 15) is 14.4 Å². The zero-order valence-electron chi connectivity index (χ0n) is 19.4. The van der Waals surface area contributed by atoms with Crippen LogP contribution in [0.5, 0.6) is 0 Å². The molecule has 2 atom stereocenters. The molecule has 4 rings (SSSR count). The first kappa shape index (κ1) is 24.7. The third kappa shape index (κ3) is 6.37. The minimum Gasteiger partial charge on any atom is -0.481 e. The Morgan fingerprint density at radius 2 is 1.66 bits per heavy atom. The molecule has 0 spiro atoms. The Hall–Kier alpha value is -3.43. The number of hydrogen-bond donors (Lipinski definition) is 3. The molecule has 0 aromatic heterocycles. The minimum absolute atomic E-state index is 0.00272. The van der Waals surface area contributed by atoms with Gasteiger partial charge in [-0.3, -0.25) is 9.59 Å². The number of benzene rings is 2. The van der Waals surface area contributed by atoms with Crippen LogP contribution < -0.4 is 10.6 Å². The van der Waals surface area contributed by atoms with E-state index in [1.54, 1.807) is 0 Å². The number of aliphatic carboxylic acids is 1. The molecule has 1 heterocycles. The number of amides is 2. The zero-order chi connectivity index (χ0) is 24.6. The summed E-state index contributed by atoms with van der Waals surface area (Å²) < 4.78 is 16.3. The Morgan fingerprint density at radius 3 is 2.34 bits per heavy atom. The van der Waals surface area contributed by atoms with Crippen LogP contribution in [-0.2, 0) is 23.8 Å². The topological polar surface area (TPSA) is 123 Å². The highest BCUT2D eigenvalue weighted by Gasteiger charge is 2.32. The molecular weight excluding hydrogens is 452 g/mol. The number of rotatable bonds is 11. The predicted molar refractivity (Wildman–Crippen MR) is 127 cm³/mol. The van der Waals surface area contributed by atoms with E-state index < -0.39 is 12.1 Å². The molecule has 1 aliphatic carbocycles. The van der Waals surface area contributed by atoms with E-state index in [1.165, 1.54) is 11.1 Å². The highest BCUT2D eigenvalue weighted by molar-refractivity contribution is 5.79. The number of fused-ring (bicyclic) bond motifs is 3. The van der Waals surface area contributed by atoms with E-state index in [4.69, 9.17) is 19.3 Å². The molecule has 1 aliphatic heterocycles. The van der Waals surface area contributed by atoms with Crippen molar-refractivity contribution in [2.24, 2.45) is 5.92 Å². The van der Waals surface area contributed by atoms with Crippen LogP contribution in [0.1, 0.15) is 29.9 Å². The summed E-state index contributed by atoms with van der Waals surface area (Å²) in [6.45, 7) is 1.45. The molecule has 1 fully saturated rings. The summed E-state index contributed by atoms with van der Waals surface area (Å²) in [6, 6.07) is 16.3. The summed E-state index contributed by atoms with van der Waals surface area (Å²) in [7, 11) is 0. The maximum atomic E-state index is 12.3. The number of alkyl carbamates (subject to hydrolysis) is 1. The van der Waals surface area contributed by atoms with Crippen LogP contribution in [0.25, 0.3) is 11.1 Å². The van der Waals surface area contributed by atoms with Crippen LogP contribution in [0.2, 0.25) is 0 Å². The van der Waals surface area contributed by atoms with Gasteiger partial charge in [-0.1, -0.05) is 48.5 Å². The summed E-state index contributed by atoms with van der Waals surface area (Å²) in [5.41, 5.74) is 4.66. The first-order chi connectivity index (χ1) is 17.0. The molecule has 2 aromatic carbocycles. The van der Waals surface area contributed by atoms with Crippen molar-refractivity contribution < 1.29 is 33.7 Å². The number of nitrogens with one attached hydrogen (secondary N) is 2. The second-order valence-corrected chi connectivity index (χ2v) is 8.64. The van der Waals surface area contributed by atoms with Gasteiger partial charge in [-0.25, -0.2) is 4.79 Å². The Labute approximate surface area is 203 Å². The number of carbonyl (C=O) groups excluding carboxylic acids is 2. The molecule has 2 unspecified atom stereocenters. The van der Waals surface area contributed by atoms with Crippen molar-refractivity contribution in [2.45, 2.75) is 24.9 Å². The first-order valence-corrected chi connectivity index (χ1v) is 11.8. The predicted octanol–water partition coefficient (Wildman–Crippen LogP) is 2.54. The van der Waals surface area contributed by atoms with Crippen molar-refractivity contribution in [1.29, 1.82) is 0 Å². The van der Waals surface area contributed by atoms with Crippen LogP contribution in [0, 0.1) is 5.92 Å². The van der Waals surface area contributed by atoms with Crippen LogP contribution in [-0.4, -0.2) is 68.7 Å². The van der Waals surface area contributed by atoms with E-state index >= 15 is 0 Å². The lowest BCUT2D eigenvalue weighted by Crippen LogP contribution is -2.35. The lowest BCUT2D eigenvalue weighted by atomic mass is 9.98. The molecule has 186 valence electrons. The van der Waals surface area contributed by atoms with Crippen LogP contribution in [0.4, 0.5) is 4.79 Å². The third-order valence-corrected chi connectivity index (χ3v) is 6.27. The van der Waals surface area contributed by atoms with Crippen molar-refractivity contribution in [2.75, 3.05) is 39.5 Å². The Morgan fingerprint density at radius 1 is 0.971 bits per heavy atom. The zero-order valence-corrected chi connectivity index (χ0v) is 19.4. The smallest absolute Gasteiger partial charge is 0.407 e. The molecule has 1 saturated heterocycles. The molecule has 2 aliphatic rings. The summed E-state index contributed by atoms with van der Waals surface area (Å²) in [4.78, 5) is 35.0. The van der Waals surface area contributed by atoms with Gasteiger partial charge >= 0.3 is 12.1 Å². The van der Waals surface area contributed by atoms with Crippen molar-refractivity contribution in [3.8, 4) is 11.1 Å². The van der Waals surface area contributed by atoms with Gasteiger partial charge in [0.05, 0.1) is 38.3 Å². The highest BCUT2D eigenvalue weighted by atomic mass is 16.5. The Bertz CT molecular complexity index is 1010. The number of carboxylic acid groups (broad SMARTS) is 1. The van der Waals surface area contributed by atoms with E-state index in [0.29, 0.717) is 13.0 Å². The van der Waals surface area contributed by atoms with E-state index in [2.05, 4.69) is 34.9 Å². The average Bonchev–Trinajstić information content (AvgIpc) is 3.46. The lowest BCUT2D eigenvalue weighted by molar-refractivity contribution is -0.138. The molecule has 2 aromatic rings. The fraction of sp³-hybridized carbons (Fsp3) is 0.423. The van der Waals surface area contributed by atoms with Gasteiger partial charge in [-0.2, -0.15) is 0 Å². The first-order valence-electron chi connectivity index (χ1n) is 11.8. The van der Waals surface area contributed by atoms with Gasteiger partial charge in [0.25, 0.3) is 0 Å². The second-order valence-electron chi connectivity index (χ2n) is 8.64. The molecule has 3 N–H and O–H groups in total. The van der Waals surface area contributed by atoms with E-state index in [1.807, 2.05) is 24.3 Å². The fourth-order valence-electron chi connectivity index (χ4n) is 4.53. The highest BCUT2D eigenvalue weighted by Crippen LogP contribution is 2.44. The SMILES string of the molecule is O=C(O)CCOCCNC(=O)C1COC(CNC(=O)OCC2c3ccccc3-c3ccccc32)C1. The van der Waals surface area contributed by atoms with E-state index in [0.717, 1.165) is 11.1 Å². The Kier molecular flexibility index (Phi) is 8.33. The molecule has 2 amide bonds. The number of carboxylic acids is 1. The van der Waals surface area contributed by atoms with E-state index in [-0.39, 0.29) is 63.2 Å². The lowest BCUT2D eigenvalue weighted by Gasteiger charge is -2.15. The molecule has 9 heteroatoms. The molecule has 0 saturated carbocycles. The van der Waals surface area contributed by atoms with Crippen molar-refractivity contribution in [1.82, 2.24) is 10.6 Å². The summed E-state index contributed by atoms with van der Waals surface area (Å²) in [5, 5.41) is 14.1. The quantitative estimate of drug-likeness (QED) is 0.421. The monoisotopic (exact) mass is 482 g/mol. The maximum Gasteiger partial charge on any atom is 0.407 e. The van der Waals surface area contributed by atoms with Crippen LogP contribution in [0.15, 0.2) is 48.5 Å². The molecule has 0 bridgehead atoms. The van der Waals surface area contributed by atoms with Gasteiger partial charge in [0, 0.05) is 19.0 Å². The van der Waals surface area contributed by atoms with Gasteiger partial charge in [-0.05, 0) is 28.7 Å². The minimum atomic E-state index is -0.921. The fourth-order valence-corrected chi connectivity index (χ4v) is 4.53. The third-order valence-electron chi connectivity index (χ3n) is 6.27. The normalized spacial score (nSPS) is 18.5. The standard InChI is InChI=1S/C26H30N2O7/c29-24(30)9-11-33-12-10-27-25(31)17-13-18(34-15-17)14-28-26(32)35-16-23-21-7-3-1-5-19(21)20-6-2-4-8-22(20)23/h1-8,17-18,23H,9-16H2,(H,27,31)(H,28,32)(H,29,30). The van der Waals surface area contributed by atoms with Crippen molar-refractivity contribution in [3.05, 3.63) is 59.7 Å². The summed E-state index contributed by atoms with van der Waals surface area (Å²) in [6.07, 6.45) is -0.349. The van der Waals surface area contributed by atoms with Crippen molar-refractivity contribution >= 4 is 18.0 Å². The van der Waals surface area contributed by atoms with Gasteiger partial charge in [0.15, 0.2) is 0 Å². The van der Waals surface area contributed by atoms with Gasteiger partial charge in [0.2, 0.25) is 5.91 Å². The summed E-state index contributed by atoms with van der Waals surface area (Å²) in [5.74, 6) is -1.37. The molecule has 0 radical (unpaired) electrons. The maximum absolute atomic E-state index is 12.3. The molecular formula is C26H30N2O7. The van der Waals surface area contributed by atoms with Crippen molar-refractivity contribution in [3.63, 3.8) is 0 Å². The summed E-state index contributed by atoms with van der Waals surface area (Å²) >= 11 is 0. The van der Waals surface area contributed by atoms with Crippen LogP contribution >= 0.6 is 0 Å². The number of hydrogen-bond acceptors (Lipinski definition) is 6. The van der Waals surface area contributed by atoms with Gasteiger partial charge in [0.1, 0.15) is 6.61 Å². The number of carbonyl (C=O) groups is 3. The van der Waals surface area contributed by atoms with Crippen LogP contribution in [0.3, 0.4) is 0 Å². The van der Waals surface area contributed by atoms with Gasteiger partial charge < -0.3 is 30.0 Å². The van der Waals surface area contributed by atoms with Gasteiger partial charge in [-0.15, -0.1) is 0 Å².